The van der Waals surface area contributed by atoms with Gasteiger partial charge in [-0.15, -0.1) is 0 Å². The Balaban J connectivity index is 1.85. The molecule has 1 aliphatic rings. The number of sulfonamides is 1. The summed E-state index contributed by atoms with van der Waals surface area (Å²) in [7, 11) is -4.25. The molecule has 0 aliphatic carbocycles. The van der Waals surface area contributed by atoms with Crippen molar-refractivity contribution in [1.29, 1.82) is 0 Å². The van der Waals surface area contributed by atoms with Gasteiger partial charge in [-0.2, -0.15) is 0 Å². The third-order valence-corrected chi connectivity index (χ3v) is 7.74. The van der Waals surface area contributed by atoms with Gasteiger partial charge in [-0.3, -0.25) is 4.79 Å². The predicted octanol–water partition coefficient (Wildman–Crippen LogP) is 2.95. The van der Waals surface area contributed by atoms with E-state index in [1.807, 2.05) is 0 Å². The Labute approximate surface area is 166 Å². The number of carbonyl (C=O) groups excluding carboxylic acids is 1. The third-order valence-electron chi connectivity index (χ3n) is 3.91. The highest BCUT2D eigenvalue weighted by molar-refractivity contribution is 8.07. The van der Waals surface area contributed by atoms with Crippen molar-refractivity contribution >= 4 is 32.7 Å². The summed E-state index contributed by atoms with van der Waals surface area (Å²) in [4.78, 5) is 11.6. The van der Waals surface area contributed by atoms with E-state index < -0.39 is 61.1 Å². The zero-order valence-electron chi connectivity index (χ0n) is 14.6. The lowest BCUT2D eigenvalue weighted by Crippen LogP contribution is -2.33. The van der Waals surface area contributed by atoms with Crippen LogP contribution in [0.2, 0.25) is 0 Å². The highest BCUT2D eigenvalue weighted by Crippen LogP contribution is 2.26. The Morgan fingerprint density at radius 1 is 1.17 bits per heavy atom. The standard InChI is InChI=1S/C17H14F4N2O4S2/c18-13-5-4-10(8-12(13)16(20)21)22-17(24)11-2-1-3-14(15(11)19)29(25,26)23-28-7-6-27-9-28/h1-5,8,16,23H,6-7,9H2/p+1. The molecule has 0 spiro atoms. The second-order valence-electron chi connectivity index (χ2n) is 5.92. The Morgan fingerprint density at radius 2 is 1.93 bits per heavy atom. The van der Waals surface area contributed by atoms with Crippen molar-refractivity contribution in [2.45, 2.75) is 11.3 Å². The maximum absolute atomic E-state index is 14.8. The summed E-state index contributed by atoms with van der Waals surface area (Å²) < 4.78 is 86.0. The first kappa shape index (κ1) is 21.6. The molecule has 0 bridgehead atoms. The number of ether oxygens (including phenoxy) is 1. The first-order valence-electron chi connectivity index (χ1n) is 8.14. The van der Waals surface area contributed by atoms with Gasteiger partial charge in [0.2, 0.25) is 5.94 Å². The number of hydrogen-bond donors (Lipinski definition) is 2. The molecule has 29 heavy (non-hydrogen) atoms. The lowest BCUT2D eigenvalue weighted by Gasteiger charge is -2.11. The van der Waals surface area contributed by atoms with Crippen molar-refractivity contribution in [2.75, 3.05) is 23.6 Å². The highest BCUT2D eigenvalue weighted by Gasteiger charge is 2.34. The van der Waals surface area contributed by atoms with Crippen LogP contribution in [0.15, 0.2) is 41.3 Å². The summed E-state index contributed by atoms with van der Waals surface area (Å²) in [5.41, 5.74) is -1.73. The van der Waals surface area contributed by atoms with Crippen LogP contribution in [-0.2, 0) is 25.8 Å². The highest BCUT2D eigenvalue weighted by atomic mass is 32.3. The van der Waals surface area contributed by atoms with E-state index in [-0.39, 0.29) is 11.6 Å². The van der Waals surface area contributed by atoms with Crippen LogP contribution < -0.4 is 9.44 Å². The second kappa shape index (κ2) is 8.69. The number of alkyl halides is 2. The molecule has 0 saturated carbocycles. The van der Waals surface area contributed by atoms with E-state index in [2.05, 4.69) is 9.44 Å². The van der Waals surface area contributed by atoms with Crippen molar-refractivity contribution in [3.05, 3.63) is 59.2 Å². The second-order valence-corrected chi connectivity index (χ2v) is 9.66. The van der Waals surface area contributed by atoms with Crippen LogP contribution >= 0.6 is 0 Å². The Kier molecular flexibility index (Phi) is 6.46. The van der Waals surface area contributed by atoms with Crippen molar-refractivity contribution in [3.8, 4) is 0 Å². The number of nitrogens with one attached hydrogen (secondary N) is 2. The molecule has 12 heteroatoms. The van der Waals surface area contributed by atoms with Crippen LogP contribution in [-0.4, -0.2) is 32.6 Å². The number of anilines is 1. The van der Waals surface area contributed by atoms with Crippen molar-refractivity contribution in [2.24, 2.45) is 0 Å². The van der Waals surface area contributed by atoms with E-state index in [1.54, 1.807) is 0 Å². The maximum atomic E-state index is 14.8. The molecule has 1 amide bonds. The van der Waals surface area contributed by atoms with Gasteiger partial charge in [0.05, 0.1) is 17.7 Å². The molecular weight excluding hydrogens is 436 g/mol. The lowest BCUT2D eigenvalue weighted by molar-refractivity contribution is 0.102. The molecule has 2 aromatic carbocycles. The van der Waals surface area contributed by atoms with Crippen LogP contribution in [0.25, 0.3) is 0 Å². The molecule has 0 aromatic heterocycles. The van der Waals surface area contributed by atoms with E-state index in [0.29, 0.717) is 12.4 Å². The van der Waals surface area contributed by atoms with Crippen LogP contribution in [0.1, 0.15) is 22.3 Å². The van der Waals surface area contributed by atoms with Gasteiger partial charge in [0.15, 0.2) is 11.6 Å². The summed E-state index contributed by atoms with van der Waals surface area (Å²) in [5.74, 6) is -2.88. The predicted molar refractivity (Wildman–Crippen MR) is 99.1 cm³/mol. The van der Waals surface area contributed by atoms with E-state index in [9.17, 15) is 30.8 Å². The van der Waals surface area contributed by atoms with Crippen molar-refractivity contribution in [1.82, 2.24) is 4.13 Å². The topological polar surface area (TPSA) is 84.5 Å². The van der Waals surface area contributed by atoms with Gasteiger partial charge in [0.1, 0.15) is 21.8 Å². The van der Waals surface area contributed by atoms with Crippen molar-refractivity contribution in [3.63, 3.8) is 0 Å². The maximum Gasteiger partial charge on any atom is 0.282 e. The molecule has 2 aromatic rings. The minimum Gasteiger partial charge on any atom is -0.329 e. The van der Waals surface area contributed by atoms with E-state index in [0.717, 1.165) is 30.3 Å². The van der Waals surface area contributed by atoms with Gasteiger partial charge in [0, 0.05) is 5.69 Å². The summed E-state index contributed by atoms with van der Waals surface area (Å²) in [6.45, 7) is 0.384. The quantitative estimate of drug-likeness (QED) is 0.523. The summed E-state index contributed by atoms with van der Waals surface area (Å²) in [6, 6.07) is 5.71. The smallest absolute Gasteiger partial charge is 0.282 e. The minimum absolute atomic E-state index is 0.179. The fourth-order valence-corrected chi connectivity index (χ4v) is 6.01. The molecule has 1 unspecified atom stereocenters. The van der Waals surface area contributed by atoms with E-state index in [1.165, 1.54) is 6.07 Å². The average molecular weight is 451 g/mol. The Bertz CT molecular complexity index is 1030. The van der Waals surface area contributed by atoms with Crippen LogP contribution in [0.3, 0.4) is 0 Å². The van der Waals surface area contributed by atoms with E-state index >= 15 is 0 Å². The van der Waals surface area contributed by atoms with Gasteiger partial charge >= 0.3 is 0 Å². The number of rotatable bonds is 6. The SMILES string of the molecule is O=C(Nc1ccc(F)c(C(F)F)c1)c1cccc(S(=O)(=O)N[S+]2CCOC2)c1F. The van der Waals surface area contributed by atoms with Gasteiger partial charge in [0.25, 0.3) is 22.4 Å². The first-order valence-corrected chi connectivity index (χ1v) is 11.2. The molecule has 156 valence electrons. The molecule has 2 N–H and O–H groups in total. The van der Waals surface area contributed by atoms with Gasteiger partial charge < -0.3 is 10.1 Å². The summed E-state index contributed by atoms with van der Waals surface area (Å²) >= 11 is -0.798. The molecule has 1 aliphatic heterocycles. The average Bonchev–Trinajstić information content (AvgIpc) is 3.15. The monoisotopic (exact) mass is 451 g/mol. The molecule has 6 nitrogen and oxygen atoms in total. The first-order chi connectivity index (χ1) is 13.7. The largest absolute Gasteiger partial charge is 0.329 e. The lowest BCUT2D eigenvalue weighted by atomic mass is 10.1. The molecular formula is C17H15F4N2O4S2+. The Hall–Kier alpha value is -2.15. The normalized spacial score (nSPS) is 16.9. The molecule has 0 radical (unpaired) electrons. The zero-order chi connectivity index (χ0) is 21.2. The van der Waals surface area contributed by atoms with Crippen LogP contribution in [0, 0.1) is 11.6 Å². The summed E-state index contributed by atoms with van der Waals surface area (Å²) in [6.07, 6.45) is -3.11. The van der Waals surface area contributed by atoms with Gasteiger partial charge in [-0.25, -0.2) is 26.0 Å². The number of halogens is 4. The fraction of sp³-hybridized carbons (Fsp3) is 0.235. The number of amides is 1. The Morgan fingerprint density at radius 3 is 2.59 bits per heavy atom. The fourth-order valence-electron chi connectivity index (χ4n) is 2.52. The van der Waals surface area contributed by atoms with Crippen LogP contribution in [0.5, 0.6) is 0 Å². The minimum atomic E-state index is -4.25. The summed E-state index contributed by atoms with van der Waals surface area (Å²) in [5, 5.41) is 2.16. The molecule has 1 heterocycles. The number of carbonyl (C=O) groups is 1. The van der Waals surface area contributed by atoms with Crippen LogP contribution in [0.4, 0.5) is 23.2 Å². The molecule has 1 atom stereocenters. The van der Waals surface area contributed by atoms with Gasteiger partial charge in [-0.1, -0.05) is 6.07 Å². The molecule has 1 fully saturated rings. The number of benzene rings is 2. The molecule has 3 rings (SSSR count). The van der Waals surface area contributed by atoms with Crippen molar-refractivity contribution < 1.29 is 35.5 Å². The zero-order valence-corrected chi connectivity index (χ0v) is 16.3. The van der Waals surface area contributed by atoms with Gasteiger partial charge in [-0.05, 0) is 34.5 Å². The third kappa shape index (κ3) is 4.89. The van der Waals surface area contributed by atoms with E-state index in [4.69, 9.17) is 4.74 Å². The number of hydrogen-bond acceptors (Lipinski definition) is 4. The molecule has 1 saturated heterocycles.